The van der Waals surface area contributed by atoms with Gasteiger partial charge >= 0.3 is 0 Å². The van der Waals surface area contributed by atoms with Crippen LogP contribution in [0.5, 0.6) is 17.2 Å². The molecule has 30 heavy (non-hydrogen) atoms. The van der Waals surface area contributed by atoms with Gasteiger partial charge in [0.2, 0.25) is 0 Å². The van der Waals surface area contributed by atoms with Gasteiger partial charge in [-0.3, -0.25) is 14.9 Å². The molecule has 2 N–H and O–H groups in total. The largest absolute Gasteiger partial charge is 0.497 e. The van der Waals surface area contributed by atoms with Crippen LogP contribution < -0.4 is 24.4 Å². The summed E-state index contributed by atoms with van der Waals surface area (Å²) in [6.45, 7) is 1.03. The van der Waals surface area contributed by atoms with E-state index in [0.29, 0.717) is 11.5 Å². The van der Waals surface area contributed by atoms with Crippen LogP contribution in [0.25, 0.3) is 0 Å². The lowest BCUT2D eigenvalue weighted by Gasteiger charge is -2.23. The van der Waals surface area contributed by atoms with Crippen molar-refractivity contribution < 1.29 is 28.8 Å². The first-order chi connectivity index (χ1) is 14.5. The molecule has 1 saturated heterocycles. The van der Waals surface area contributed by atoms with E-state index >= 15 is 0 Å². The number of nitro groups is 1. The number of hydrogen-bond donors (Lipinski definition) is 2. The maximum atomic E-state index is 12.7. The van der Waals surface area contributed by atoms with E-state index < -0.39 is 4.92 Å². The summed E-state index contributed by atoms with van der Waals surface area (Å²) in [7, 11) is 4.65. The topological polar surface area (TPSA) is 104 Å². The van der Waals surface area contributed by atoms with Crippen molar-refractivity contribution in [2.75, 3.05) is 39.7 Å². The average Bonchev–Trinajstić information content (AvgIpc) is 3.20. The van der Waals surface area contributed by atoms with Gasteiger partial charge in [0.25, 0.3) is 11.6 Å². The van der Waals surface area contributed by atoms with Crippen molar-refractivity contribution in [2.24, 2.45) is 0 Å². The number of benzene rings is 2. The average molecular weight is 416 g/mol. The lowest BCUT2D eigenvalue weighted by atomic mass is 10.0. The Morgan fingerprint density at radius 1 is 1.13 bits per heavy atom. The van der Waals surface area contributed by atoms with Gasteiger partial charge in [0, 0.05) is 18.9 Å². The number of hydrogen-bond acceptors (Lipinski definition) is 6. The Morgan fingerprint density at radius 2 is 1.83 bits per heavy atom. The summed E-state index contributed by atoms with van der Waals surface area (Å²) in [5, 5.41) is 14.0. The van der Waals surface area contributed by atoms with Crippen molar-refractivity contribution in [3.05, 3.63) is 52.1 Å². The molecule has 9 nitrogen and oxygen atoms in total. The number of methoxy groups -OCH3 is 3. The number of nitrogens with one attached hydrogen (secondary N) is 2. The summed E-state index contributed by atoms with van der Waals surface area (Å²) in [6, 6.07) is 10.2. The van der Waals surface area contributed by atoms with Crippen molar-refractivity contribution >= 4 is 17.3 Å². The van der Waals surface area contributed by atoms with Gasteiger partial charge in [0.05, 0.1) is 44.4 Å². The van der Waals surface area contributed by atoms with Crippen molar-refractivity contribution in [1.82, 2.24) is 0 Å². The highest BCUT2D eigenvalue weighted by Gasteiger charge is 2.34. The first kappa shape index (κ1) is 21.4. The summed E-state index contributed by atoms with van der Waals surface area (Å²) in [4.78, 5) is 24.6. The molecule has 1 aliphatic heterocycles. The Balaban J connectivity index is 1.75. The van der Waals surface area contributed by atoms with Gasteiger partial charge in [0.15, 0.2) is 6.54 Å². The minimum absolute atomic E-state index is 0.0995. The Labute approximate surface area is 174 Å². The van der Waals surface area contributed by atoms with Crippen LogP contribution in [0.1, 0.15) is 24.4 Å². The summed E-state index contributed by atoms with van der Waals surface area (Å²) >= 11 is 0. The molecule has 2 aromatic carbocycles. The van der Waals surface area contributed by atoms with Gasteiger partial charge in [-0.05, 0) is 24.3 Å². The number of quaternary nitrogens is 1. The quantitative estimate of drug-likeness (QED) is 0.504. The Morgan fingerprint density at radius 3 is 2.50 bits per heavy atom. The molecule has 2 atom stereocenters. The first-order valence-electron chi connectivity index (χ1n) is 9.65. The second kappa shape index (κ2) is 9.45. The van der Waals surface area contributed by atoms with Gasteiger partial charge in [-0.1, -0.05) is 0 Å². The number of nitrogens with zero attached hydrogens (tertiary/aromatic N) is 1. The monoisotopic (exact) mass is 416 g/mol. The summed E-state index contributed by atoms with van der Waals surface area (Å²) < 4.78 is 15.8. The molecule has 1 fully saturated rings. The molecule has 0 aliphatic carbocycles. The molecule has 1 heterocycles. The molecule has 0 saturated carbocycles. The van der Waals surface area contributed by atoms with Gasteiger partial charge in [-0.15, -0.1) is 0 Å². The molecule has 160 valence electrons. The van der Waals surface area contributed by atoms with E-state index in [1.165, 1.54) is 19.2 Å². The number of ether oxygens (including phenoxy) is 3. The predicted octanol–water partition coefficient (Wildman–Crippen LogP) is 1.98. The van der Waals surface area contributed by atoms with Crippen LogP contribution in [0.15, 0.2) is 36.4 Å². The second-order valence-electron chi connectivity index (χ2n) is 7.08. The first-order valence-corrected chi connectivity index (χ1v) is 9.65. The molecule has 0 aromatic heterocycles. The summed E-state index contributed by atoms with van der Waals surface area (Å²) in [6.07, 6.45) is 1.90. The third kappa shape index (κ3) is 4.62. The number of amides is 1. The van der Waals surface area contributed by atoms with Gasteiger partial charge < -0.3 is 24.4 Å². The van der Waals surface area contributed by atoms with Crippen molar-refractivity contribution in [3.8, 4) is 17.2 Å². The normalized spacial score (nSPS) is 18.0. The Hall–Kier alpha value is -3.33. The van der Waals surface area contributed by atoms with Gasteiger partial charge in [0.1, 0.15) is 29.0 Å². The zero-order valence-electron chi connectivity index (χ0n) is 17.3. The molecule has 0 spiro atoms. The van der Waals surface area contributed by atoms with E-state index in [2.05, 4.69) is 5.32 Å². The van der Waals surface area contributed by atoms with Crippen LogP contribution in [0.3, 0.4) is 0 Å². The Bertz CT molecular complexity index is 933. The highest BCUT2D eigenvalue weighted by molar-refractivity contribution is 5.93. The molecular weight excluding hydrogens is 390 g/mol. The molecule has 9 heteroatoms. The zero-order chi connectivity index (χ0) is 21.7. The minimum Gasteiger partial charge on any atom is -0.497 e. The van der Waals surface area contributed by atoms with Crippen LogP contribution in [0.2, 0.25) is 0 Å². The van der Waals surface area contributed by atoms with Crippen molar-refractivity contribution in [2.45, 2.75) is 18.9 Å². The van der Waals surface area contributed by atoms with Crippen LogP contribution in [-0.4, -0.2) is 45.2 Å². The molecule has 2 aromatic rings. The number of carbonyl (C=O) groups is 1. The fourth-order valence-electron chi connectivity index (χ4n) is 3.90. The SMILES string of the molecule is COc1ccc([C@@H]2CCC[NH+]2CC(=O)Nc2ccc(OC)cc2[N+](=O)[O-])c(OC)c1. The second-order valence-corrected chi connectivity index (χ2v) is 7.08. The molecule has 1 aliphatic rings. The van der Waals surface area contributed by atoms with Gasteiger partial charge in [-0.25, -0.2) is 0 Å². The third-order valence-corrected chi connectivity index (χ3v) is 5.36. The van der Waals surface area contributed by atoms with E-state index in [4.69, 9.17) is 14.2 Å². The van der Waals surface area contributed by atoms with Crippen molar-refractivity contribution in [3.63, 3.8) is 0 Å². The summed E-state index contributed by atoms with van der Waals surface area (Å²) in [5.41, 5.74) is 0.976. The van der Waals surface area contributed by atoms with Crippen LogP contribution in [0.4, 0.5) is 11.4 Å². The maximum absolute atomic E-state index is 12.7. The van der Waals surface area contributed by atoms with E-state index in [1.807, 2.05) is 18.2 Å². The van der Waals surface area contributed by atoms with E-state index in [0.717, 1.165) is 35.6 Å². The standard InChI is InChI=1S/C21H25N3O6/c1-28-14-7-9-17(19(11-14)24(26)27)22-21(25)13-23-10-4-5-18(23)16-8-6-15(29-2)12-20(16)30-3/h6-9,11-12,18H,4-5,10,13H2,1-3H3,(H,22,25)/p+1/t18-/m0/s1. The number of anilines is 1. The van der Waals surface area contributed by atoms with E-state index in [1.54, 1.807) is 20.3 Å². The van der Waals surface area contributed by atoms with Crippen LogP contribution in [0, 0.1) is 10.1 Å². The Kier molecular flexibility index (Phi) is 6.73. The van der Waals surface area contributed by atoms with Crippen LogP contribution in [-0.2, 0) is 4.79 Å². The van der Waals surface area contributed by atoms with Crippen LogP contribution >= 0.6 is 0 Å². The highest BCUT2D eigenvalue weighted by atomic mass is 16.6. The number of carbonyl (C=O) groups excluding carboxylic acids is 1. The third-order valence-electron chi connectivity index (χ3n) is 5.36. The number of nitro benzene ring substituents is 1. The predicted molar refractivity (Wildman–Crippen MR) is 110 cm³/mol. The smallest absolute Gasteiger partial charge is 0.296 e. The fraction of sp³-hybridized carbons (Fsp3) is 0.381. The van der Waals surface area contributed by atoms with E-state index in [-0.39, 0.29) is 29.9 Å². The molecule has 1 unspecified atom stereocenters. The highest BCUT2D eigenvalue weighted by Crippen LogP contribution is 2.32. The number of rotatable bonds is 8. The lowest BCUT2D eigenvalue weighted by Crippen LogP contribution is -3.11. The molecule has 0 radical (unpaired) electrons. The van der Waals surface area contributed by atoms with Crippen molar-refractivity contribution in [1.29, 1.82) is 0 Å². The fourth-order valence-corrected chi connectivity index (χ4v) is 3.90. The van der Waals surface area contributed by atoms with E-state index in [9.17, 15) is 14.9 Å². The number of likely N-dealkylation sites (tertiary alicyclic amines) is 1. The zero-order valence-corrected chi connectivity index (χ0v) is 17.3. The molecule has 1 amide bonds. The molecule has 0 bridgehead atoms. The van der Waals surface area contributed by atoms with Gasteiger partial charge in [-0.2, -0.15) is 0 Å². The summed E-state index contributed by atoms with van der Waals surface area (Å²) in [5.74, 6) is 1.51. The molecule has 3 rings (SSSR count). The lowest BCUT2D eigenvalue weighted by molar-refractivity contribution is -0.910. The minimum atomic E-state index is -0.536. The maximum Gasteiger partial charge on any atom is 0.296 e. The molecular formula is C21H26N3O6+.